The number of hydrogen-bond acceptors (Lipinski definition) is 2. The molecular formula is C14H20NOS+. The van der Waals surface area contributed by atoms with E-state index in [9.17, 15) is 4.79 Å². The van der Waals surface area contributed by atoms with E-state index in [1.165, 1.54) is 11.8 Å². The minimum atomic E-state index is 0.127. The molecule has 0 amide bonds. The van der Waals surface area contributed by atoms with Crippen LogP contribution in [0, 0.1) is 0 Å². The van der Waals surface area contributed by atoms with Crippen molar-refractivity contribution in [3.8, 4) is 0 Å². The van der Waals surface area contributed by atoms with Gasteiger partial charge in [-0.15, -0.1) is 0 Å². The Morgan fingerprint density at radius 1 is 1.24 bits per heavy atom. The van der Waals surface area contributed by atoms with E-state index in [0.29, 0.717) is 0 Å². The zero-order chi connectivity index (χ0) is 12.7. The minimum absolute atomic E-state index is 0.127. The first-order chi connectivity index (χ1) is 7.97. The van der Waals surface area contributed by atoms with Crippen LogP contribution in [0.25, 0.3) is 6.08 Å². The molecule has 3 heteroatoms. The predicted molar refractivity (Wildman–Crippen MR) is 75.8 cm³/mol. The maximum absolute atomic E-state index is 11.6. The highest BCUT2D eigenvalue weighted by molar-refractivity contribution is 8.14. The summed E-state index contributed by atoms with van der Waals surface area (Å²) < 4.78 is 0.892. The minimum Gasteiger partial charge on any atom is -0.330 e. The van der Waals surface area contributed by atoms with E-state index in [0.717, 1.165) is 22.3 Å². The lowest BCUT2D eigenvalue weighted by Gasteiger charge is -2.22. The van der Waals surface area contributed by atoms with Crippen LogP contribution in [0.4, 0.5) is 0 Å². The number of thioether (sulfide) groups is 1. The van der Waals surface area contributed by atoms with Crippen LogP contribution in [0.5, 0.6) is 0 Å². The van der Waals surface area contributed by atoms with E-state index >= 15 is 0 Å². The third kappa shape index (κ3) is 6.97. The third-order valence-electron chi connectivity index (χ3n) is 2.22. The van der Waals surface area contributed by atoms with E-state index in [-0.39, 0.29) is 5.12 Å². The van der Waals surface area contributed by atoms with E-state index in [4.69, 9.17) is 0 Å². The van der Waals surface area contributed by atoms with Crippen molar-refractivity contribution in [1.29, 1.82) is 0 Å². The first kappa shape index (κ1) is 14.0. The summed E-state index contributed by atoms with van der Waals surface area (Å²) in [6.07, 6.45) is 3.51. The van der Waals surface area contributed by atoms with Gasteiger partial charge in [0.2, 0.25) is 5.12 Å². The number of carbonyl (C=O) groups is 1. The van der Waals surface area contributed by atoms with E-state index in [1.54, 1.807) is 6.08 Å². The van der Waals surface area contributed by atoms with Crippen molar-refractivity contribution >= 4 is 23.0 Å². The highest BCUT2D eigenvalue weighted by atomic mass is 32.2. The maximum Gasteiger partial charge on any atom is 0.212 e. The molecule has 0 radical (unpaired) electrons. The van der Waals surface area contributed by atoms with E-state index in [1.807, 2.05) is 36.4 Å². The van der Waals surface area contributed by atoms with Crippen molar-refractivity contribution < 1.29 is 9.28 Å². The molecule has 0 heterocycles. The van der Waals surface area contributed by atoms with Gasteiger partial charge in [-0.1, -0.05) is 48.2 Å². The van der Waals surface area contributed by atoms with Crippen LogP contribution in [0.2, 0.25) is 0 Å². The van der Waals surface area contributed by atoms with Crippen molar-refractivity contribution in [2.45, 2.75) is 0 Å². The topological polar surface area (TPSA) is 17.1 Å². The fraction of sp³-hybridized carbons (Fsp3) is 0.357. The molecule has 0 atom stereocenters. The lowest BCUT2D eigenvalue weighted by molar-refractivity contribution is -0.867. The van der Waals surface area contributed by atoms with Crippen molar-refractivity contribution in [1.82, 2.24) is 0 Å². The van der Waals surface area contributed by atoms with Gasteiger partial charge in [0.15, 0.2) is 0 Å². The monoisotopic (exact) mass is 250 g/mol. The molecule has 0 saturated carbocycles. The molecular weight excluding hydrogens is 230 g/mol. The number of quaternary nitrogens is 1. The maximum atomic E-state index is 11.6. The molecule has 0 aliphatic heterocycles. The van der Waals surface area contributed by atoms with Crippen LogP contribution in [-0.2, 0) is 4.79 Å². The molecule has 0 N–H and O–H groups in total. The van der Waals surface area contributed by atoms with Crippen LogP contribution < -0.4 is 0 Å². The third-order valence-corrected chi connectivity index (χ3v) is 3.03. The van der Waals surface area contributed by atoms with Gasteiger partial charge in [0, 0.05) is 0 Å². The van der Waals surface area contributed by atoms with Crippen molar-refractivity contribution in [3.63, 3.8) is 0 Å². The highest BCUT2D eigenvalue weighted by Gasteiger charge is 2.07. The van der Waals surface area contributed by atoms with Gasteiger partial charge in [-0.25, -0.2) is 0 Å². The molecule has 17 heavy (non-hydrogen) atoms. The van der Waals surface area contributed by atoms with Gasteiger partial charge in [0.1, 0.15) is 0 Å². The zero-order valence-electron chi connectivity index (χ0n) is 10.7. The van der Waals surface area contributed by atoms with Crippen LogP contribution in [0.1, 0.15) is 5.56 Å². The Balaban J connectivity index is 2.33. The Morgan fingerprint density at radius 2 is 1.88 bits per heavy atom. The summed E-state index contributed by atoms with van der Waals surface area (Å²) in [5.74, 6) is 0.863. The standard InChI is InChI=1S/C14H20NOS/c1-15(2,3)11-12-17-14(16)10-9-13-7-5-4-6-8-13/h4-10H,11-12H2,1-3H3/q+1/b10-9+. The van der Waals surface area contributed by atoms with Gasteiger partial charge in [-0.05, 0) is 11.6 Å². The normalized spacial score (nSPS) is 11.9. The fourth-order valence-corrected chi connectivity index (χ4v) is 2.20. The van der Waals surface area contributed by atoms with Gasteiger partial charge in [0.25, 0.3) is 0 Å². The molecule has 0 bridgehead atoms. The number of benzene rings is 1. The Kier molecular flexibility index (Phi) is 5.45. The van der Waals surface area contributed by atoms with Gasteiger partial charge >= 0.3 is 0 Å². The second-order valence-electron chi connectivity index (χ2n) is 4.93. The van der Waals surface area contributed by atoms with Crippen LogP contribution >= 0.6 is 11.8 Å². The zero-order valence-corrected chi connectivity index (χ0v) is 11.5. The average molecular weight is 250 g/mol. The second kappa shape index (κ2) is 6.62. The number of rotatable bonds is 5. The summed E-state index contributed by atoms with van der Waals surface area (Å²) in [6, 6.07) is 9.87. The molecule has 0 saturated heterocycles. The first-order valence-corrected chi connectivity index (χ1v) is 6.66. The molecule has 0 aliphatic rings. The van der Waals surface area contributed by atoms with Gasteiger partial charge in [-0.3, -0.25) is 4.79 Å². The Labute approximate surface area is 108 Å². The lowest BCUT2D eigenvalue weighted by atomic mass is 10.2. The van der Waals surface area contributed by atoms with Crippen molar-refractivity contribution in [3.05, 3.63) is 42.0 Å². The lowest BCUT2D eigenvalue weighted by Crippen LogP contribution is -2.36. The van der Waals surface area contributed by atoms with Gasteiger partial charge in [-0.2, -0.15) is 0 Å². The van der Waals surface area contributed by atoms with Crippen LogP contribution in [0.3, 0.4) is 0 Å². The number of nitrogens with zero attached hydrogens (tertiary/aromatic N) is 1. The summed E-state index contributed by atoms with van der Waals surface area (Å²) in [6.45, 7) is 0.996. The van der Waals surface area contributed by atoms with E-state index in [2.05, 4.69) is 21.1 Å². The number of carbonyl (C=O) groups excluding carboxylic acids is 1. The second-order valence-corrected chi connectivity index (χ2v) is 6.02. The van der Waals surface area contributed by atoms with E-state index < -0.39 is 0 Å². The Bertz CT molecular complexity index is 379. The van der Waals surface area contributed by atoms with Crippen molar-refractivity contribution in [2.75, 3.05) is 33.4 Å². The molecule has 92 valence electrons. The highest BCUT2D eigenvalue weighted by Crippen LogP contribution is 2.08. The molecule has 1 rings (SSSR count). The van der Waals surface area contributed by atoms with Crippen molar-refractivity contribution in [2.24, 2.45) is 0 Å². The molecule has 2 nitrogen and oxygen atoms in total. The number of hydrogen-bond donors (Lipinski definition) is 0. The predicted octanol–water partition coefficient (Wildman–Crippen LogP) is 2.67. The van der Waals surface area contributed by atoms with Crippen LogP contribution in [0.15, 0.2) is 36.4 Å². The summed E-state index contributed by atoms with van der Waals surface area (Å²) in [4.78, 5) is 11.6. The largest absolute Gasteiger partial charge is 0.330 e. The van der Waals surface area contributed by atoms with Gasteiger partial charge < -0.3 is 4.48 Å². The quantitative estimate of drug-likeness (QED) is 0.590. The van der Waals surface area contributed by atoms with Crippen LogP contribution in [-0.4, -0.2) is 43.0 Å². The smallest absolute Gasteiger partial charge is 0.212 e. The summed E-state index contributed by atoms with van der Waals surface area (Å²) in [5.41, 5.74) is 1.06. The molecule has 0 fully saturated rings. The molecule has 0 aliphatic carbocycles. The molecule has 0 spiro atoms. The molecule has 1 aromatic rings. The average Bonchev–Trinajstić information content (AvgIpc) is 2.26. The molecule has 0 unspecified atom stereocenters. The summed E-state index contributed by atoms with van der Waals surface area (Å²) in [7, 11) is 6.39. The summed E-state index contributed by atoms with van der Waals surface area (Å²) in [5, 5.41) is 0.127. The molecule has 0 aromatic heterocycles. The Morgan fingerprint density at radius 3 is 2.47 bits per heavy atom. The Hall–Kier alpha value is -1.06. The SMILES string of the molecule is C[N+](C)(C)CCSC(=O)/C=C/c1ccccc1. The molecule has 1 aromatic carbocycles. The first-order valence-electron chi connectivity index (χ1n) is 5.68. The summed E-state index contributed by atoms with van der Waals surface area (Å²) >= 11 is 1.38. The fourth-order valence-electron chi connectivity index (χ4n) is 1.20. The van der Waals surface area contributed by atoms with Gasteiger partial charge in [0.05, 0.1) is 33.4 Å².